The lowest BCUT2D eigenvalue weighted by molar-refractivity contribution is -0.231. The van der Waals surface area contributed by atoms with E-state index in [1.165, 1.54) is 0 Å². The van der Waals surface area contributed by atoms with Crippen LogP contribution in [-0.4, -0.2) is 120 Å². The van der Waals surface area contributed by atoms with Crippen molar-refractivity contribution in [3.63, 3.8) is 0 Å². The lowest BCUT2D eigenvalue weighted by Crippen LogP contribution is -2.63. The Morgan fingerprint density at radius 1 is 0.913 bits per heavy atom. The summed E-state index contributed by atoms with van der Waals surface area (Å²) in [5.41, 5.74) is 0. The molecule has 1 fully saturated rings. The number of Topliss-reactive ketones (excluding diaryl/α,β-unsaturated/α-hetero) is 1. The van der Waals surface area contributed by atoms with Crippen LogP contribution in [0.5, 0.6) is 0 Å². The molecule has 0 amide bonds. The maximum Gasteiger partial charge on any atom is 0.195 e. The van der Waals surface area contributed by atoms with E-state index >= 15 is 0 Å². The molecule has 1 aliphatic rings. The molecule has 0 saturated carbocycles. The van der Waals surface area contributed by atoms with E-state index in [0.717, 1.165) is 0 Å². The first kappa shape index (κ1) is 20.3. The van der Waals surface area contributed by atoms with E-state index in [1.54, 1.807) is 0 Å². The lowest BCUT2D eigenvalue weighted by atomic mass is 9.89. The minimum Gasteiger partial charge on any atom is -0.394 e. The van der Waals surface area contributed by atoms with Crippen LogP contribution in [0.4, 0.5) is 0 Å². The predicted molar refractivity (Wildman–Crippen MR) is 69.9 cm³/mol. The number of ketones is 1. The SMILES string of the molecule is O=C(C1O[C@H](CO)[C@H](O)[C@H](O)[C@H]1O)[C@H](O)[C@@H](O)[C@H](O)[C@H](O)CO. The Labute approximate surface area is 130 Å². The van der Waals surface area contributed by atoms with E-state index in [0.29, 0.717) is 0 Å². The number of rotatable bonds is 7. The molecule has 0 spiro atoms. The van der Waals surface area contributed by atoms with Gasteiger partial charge in [0.1, 0.15) is 54.9 Å². The summed E-state index contributed by atoms with van der Waals surface area (Å²) >= 11 is 0. The fourth-order valence-corrected chi connectivity index (χ4v) is 2.20. The fraction of sp³-hybridized carbons (Fsp3) is 0.917. The molecule has 1 unspecified atom stereocenters. The van der Waals surface area contributed by atoms with Crippen LogP contribution in [0.3, 0.4) is 0 Å². The van der Waals surface area contributed by atoms with Crippen molar-refractivity contribution < 1.29 is 55.5 Å². The van der Waals surface area contributed by atoms with E-state index in [2.05, 4.69) is 0 Å². The summed E-state index contributed by atoms with van der Waals surface area (Å²) in [6, 6.07) is 0. The van der Waals surface area contributed by atoms with Gasteiger partial charge in [-0.3, -0.25) is 4.79 Å². The summed E-state index contributed by atoms with van der Waals surface area (Å²) in [7, 11) is 0. The molecule has 1 heterocycles. The number of hydrogen-bond donors (Lipinski definition) is 9. The van der Waals surface area contributed by atoms with Gasteiger partial charge in [0.05, 0.1) is 13.2 Å². The van der Waals surface area contributed by atoms with Gasteiger partial charge in [0, 0.05) is 0 Å². The van der Waals surface area contributed by atoms with Crippen molar-refractivity contribution in [1.82, 2.24) is 0 Å². The van der Waals surface area contributed by atoms with Crippen LogP contribution in [-0.2, 0) is 9.53 Å². The molecule has 0 bridgehead atoms. The standard InChI is InChI=1S/C12H22O11/c13-1-3(15)5(16)7(18)9(20)11(22)12-10(21)8(19)6(17)4(2-14)23-12/h3-10,12-21H,1-2H2/t3-,4-,5-,6+,7+,8+,9-,10-,12?/m1/s1. The maximum absolute atomic E-state index is 12.1. The zero-order valence-corrected chi connectivity index (χ0v) is 12.0. The first-order chi connectivity index (χ1) is 10.7. The van der Waals surface area contributed by atoms with Crippen molar-refractivity contribution in [2.45, 2.75) is 54.9 Å². The van der Waals surface area contributed by atoms with Gasteiger partial charge in [0.25, 0.3) is 0 Å². The first-order valence-corrected chi connectivity index (χ1v) is 6.84. The molecule has 0 aliphatic carbocycles. The largest absolute Gasteiger partial charge is 0.394 e. The molecule has 0 aromatic carbocycles. The van der Waals surface area contributed by atoms with Gasteiger partial charge < -0.3 is 50.7 Å². The molecule has 11 nitrogen and oxygen atoms in total. The number of ether oxygens (including phenoxy) is 1. The minimum atomic E-state index is -2.33. The molecule has 9 atom stereocenters. The Balaban J connectivity index is 2.85. The minimum absolute atomic E-state index is 0.792. The van der Waals surface area contributed by atoms with Crippen LogP contribution in [0.25, 0.3) is 0 Å². The quantitative estimate of drug-likeness (QED) is 0.212. The van der Waals surface area contributed by atoms with Crippen LogP contribution in [0.2, 0.25) is 0 Å². The fourth-order valence-electron chi connectivity index (χ4n) is 2.20. The second-order valence-corrected chi connectivity index (χ2v) is 5.33. The molecule has 1 rings (SSSR count). The molecular weight excluding hydrogens is 320 g/mol. The Morgan fingerprint density at radius 3 is 1.96 bits per heavy atom. The second-order valence-electron chi connectivity index (χ2n) is 5.33. The van der Waals surface area contributed by atoms with E-state index in [4.69, 9.17) is 14.9 Å². The monoisotopic (exact) mass is 342 g/mol. The number of carbonyl (C=O) groups excluding carboxylic acids is 1. The van der Waals surface area contributed by atoms with Gasteiger partial charge in [-0.15, -0.1) is 0 Å². The van der Waals surface area contributed by atoms with Gasteiger partial charge in [-0.05, 0) is 0 Å². The van der Waals surface area contributed by atoms with Gasteiger partial charge in [0.2, 0.25) is 0 Å². The third-order valence-electron chi connectivity index (χ3n) is 3.72. The Hall–Kier alpha value is -0.730. The van der Waals surface area contributed by atoms with E-state index in [-0.39, 0.29) is 0 Å². The van der Waals surface area contributed by atoms with Gasteiger partial charge >= 0.3 is 0 Å². The Bertz CT molecular complexity index is 389. The van der Waals surface area contributed by atoms with E-state index in [9.17, 15) is 40.5 Å². The van der Waals surface area contributed by atoms with Crippen molar-refractivity contribution in [3.8, 4) is 0 Å². The summed E-state index contributed by atoms with van der Waals surface area (Å²) in [6.45, 7) is -1.74. The normalized spacial score (nSPS) is 37.0. The molecule has 1 saturated heterocycles. The third-order valence-corrected chi connectivity index (χ3v) is 3.72. The van der Waals surface area contributed by atoms with E-state index in [1.807, 2.05) is 0 Å². The van der Waals surface area contributed by atoms with Gasteiger partial charge in [-0.25, -0.2) is 0 Å². The topological polar surface area (TPSA) is 208 Å². The maximum atomic E-state index is 12.1. The molecule has 136 valence electrons. The number of carbonyl (C=O) groups is 1. The Kier molecular flexibility index (Phi) is 7.41. The van der Waals surface area contributed by atoms with Crippen LogP contribution in [0.15, 0.2) is 0 Å². The zero-order chi connectivity index (χ0) is 17.9. The summed E-state index contributed by atoms with van der Waals surface area (Å²) in [5.74, 6) is -1.35. The molecule has 9 N–H and O–H groups in total. The highest BCUT2D eigenvalue weighted by atomic mass is 16.5. The highest BCUT2D eigenvalue weighted by molar-refractivity contribution is 5.88. The highest BCUT2D eigenvalue weighted by Crippen LogP contribution is 2.23. The lowest BCUT2D eigenvalue weighted by Gasteiger charge is -2.40. The summed E-state index contributed by atoms with van der Waals surface area (Å²) in [6.07, 6.45) is -17.2. The van der Waals surface area contributed by atoms with Crippen LogP contribution in [0.1, 0.15) is 0 Å². The highest BCUT2D eigenvalue weighted by Gasteiger charge is 2.49. The molecule has 1 aliphatic heterocycles. The smallest absolute Gasteiger partial charge is 0.195 e. The average Bonchev–Trinajstić information content (AvgIpc) is 2.56. The summed E-state index contributed by atoms with van der Waals surface area (Å²) < 4.78 is 4.91. The average molecular weight is 342 g/mol. The van der Waals surface area contributed by atoms with Gasteiger partial charge in [0.15, 0.2) is 5.78 Å². The number of hydrogen-bond acceptors (Lipinski definition) is 11. The molecule has 0 aromatic rings. The summed E-state index contributed by atoms with van der Waals surface area (Å²) in [4.78, 5) is 12.1. The summed E-state index contributed by atoms with van der Waals surface area (Å²) in [5, 5.41) is 84.5. The van der Waals surface area contributed by atoms with Crippen LogP contribution < -0.4 is 0 Å². The number of aliphatic hydroxyl groups is 9. The molecule has 23 heavy (non-hydrogen) atoms. The second kappa shape index (κ2) is 8.39. The van der Waals surface area contributed by atoms with Crippen molar-refractivity contribution in [2.24, 2.45) is 0 Å². The van der Waals surface area contributed by atoms with Crippen LogP contribution in [0, 0.1) is 0 Å². The first-order valence-electron chi connectivity index (χ1n) is 6.84. The van der Waals surface area contributed by atoms with Crippen molar-refractivity contribution in [1.29, 1.82) is 0 Å². The van der Waals surface area contributed by atoms with Gasteiger partial charge in [-0.1, -0.05) is 0 Å². The molecule has 11 heteroatoms. The molecule has 0 aromatic heterocycles. The van der Waals surface area contributed by atoms with Crippen molar-refractivity contribution >= 4 is 5.78 Å². The van der Waals surface area contributed by atoms with E-state index < -0.39 is 73.9 Å². The number of aliphatic hydroxyl groups excluding tert-OH is 9. The zero-order valence-electron chi connectivity index (χ0n) is 12.0. The van der Waals surface area contributed by atoms with Crippen molar-refractivity contribution in [2.75, 3.05) is 13.2 Å². The third kappa shape index (κ3) is 4.22. The molecule has 0 radical (unpaired) electrons. The molecular formula is C12H22O11. The van der Waals surface area contributed by atoms with Crippen molar-refractivity contribution in [3.05, 3.63) is 0 Å². The van der Waals surface area contributed by atoms with Crippen LogP contribution >= 0.6 is 0 Å². The Morgan fingerprint density at radius 2 is 1.48 bits per heavy atom. The predicted octanol–water partition coefficient (Wildman–Crippen LogP) is -6.17. The van der Waals surface area contributed by atoms with Gasteiger partial charge in [-0.2, -0.15) is 0 Å².